The molecule has 1 fully saturated rings. The first-order valence-corrected chi connectivity index (χ1v) is 12.0. The van der Waals surface area contributed by atoms with E-state index in [-0.39, 0.29) is 17.9 Å². The number of anilines is 2. The van der Waals surface area contributed by atoms with Crippen LogP contribution in [0, 0.1) is 5.95 Å². The number of rotatable bonds is 4. The fourth-order valence-electron chi connectivity index (χ4n) is 3.91. The normalized spacial score (nSPS) is 16.1. The van der Waals surface area contributed by atoms with Crippen molar-refractivity contribution < 1.29 is 23.5 Å². The number of nitrogens with two attached hydrogens (primary N) is 2. The van der Waals surface area contributed by atoms with E-state index in [0.717, 1.165) is 28.6 Å². The van der Waals surface area contributed by atoms with Crippen LogP contribution in [0.4, 0.5) is 15.9 Å². The Kier molecular flexibility index (Phi) is 10.6. The van der Waals surface area contributed by atoms with Gasteiger partial charge in [-0.25, -0.2) is 4.98 Å². The van der Waals surface area contributed by atoms with Gasteiger partial charge in [0.15, 0.2) is 6.17 Å². The van der Waals surface area contributed by atoms with Crippen LogP contribution in [0.25, 0.3) is 0 Å². The molecule has 0 radical (unpaired) electrons. The second kappa shape index (κ2) is 14.3. The quantitative estimate of drug-likeness (QED) is 0.289. The summed E-state index contributed by atoms with van der Waals surface area (Å²) >= 11 is 0. The number of morpholine rings is 1. The fraction of sp³-hybridized carbons (Fsp3) is 0.222. The molecular weight excluding hydrogens is 505 g/mol. The number of likely N-dealkylation sites (N-methyl/N-ethyl adjacent to an activating group) is 1. The Morgan fingerprint density at radius 3 is 2.38 bits per heavy atom. The Morgan fingerprint density at radius 2 is 1.74 bits per heavy atom. The Hall–Kier alpha value is -4.68. The standard InChI is InChI=1S/C16H15N3O.C10H12FN3O2.CH3NO/c1-17-15-16(20)18-13-10-6-5-9-12(13)14(19-15)11-7-3-2-4-8-11;11-8-2-1-7(9(12)15)10(13-8)14-3-5-16-6-4-14;2-1-3/h2-10,15,17H,1H3,(H,18,20);1-2H,3-6H2,(H2,12,15);1H,(H2,2,3). The van der Waals surface area contributed by atoms with Crippen molar-refractivity contribution in [3.63, 3.8) is 0 Å². The third-order valence-electron chi connectivity index (χ3n) is 5.68. The van der Waals surface area contributed by atoms with E-state index in [1.165, 1.54) is 6.07 Å². The Labute approximate surface area is 225 Å². The highest BCUT2D eigenvalue weighted by Crippen LogP contribution is 2.23. The zero-order valence-electron chi connectivity index (χ0n) is 21.3. The van der Waals surface area contributed by atoms with Gasteiger partial charge in [-0.3, -0.25) is 24.7 Å². The second-order valence-electron chi connectivity index (χ2n) is 8.17. The van der Waals surface area contributed by atoms with E-state index in [9.17, 15) is 14.0 Å². The molecule has 1 unspecified atom stereocenters. The summed E-state index contributed by atoms with van der Waals surface area (Å²) in [5.74, 6) is -1.07. The first-order valence-electron chi connectivity index (χ1n) is 12.0. The van der Waals surface area contributed by atoms with Crippen LogP contribution in [0.2, 0.25) is 0 Å². The summed E-state index contributed by atoms with van der Waals surface area (Å²) in [6, 6.07) is 20.1. The number of carbonyl (C=O) groups is 3. The molecule has 204 valence electrons. The van der Waals surface area contributed by atoms with Gasteiger partial charge in [0.25, 0.3) is 11.8 Å². The molecule has 0 bridgehead atoms. The van der Waals surface area contributed by atoms with Crippen molar-refractivity contribution in [2.24, 2.45) is 16.5 Å². The molecule has 3 amide bonds. The maximum atomic E-state index is 13.0. The van der Waals surface area contributed by atoms with Crippen LogP contribution in [0.5, 0.6) is 0 Å². The number of hydrogen-bond donors (Lipinski definition) is 4. The lowest BCUT2D eigenvalue weighted by Crippen LogP contribution is -2.38. The number of nitrogens with zero attached hydrogens (tertiary/aromatic N) is 3. The fourth-order valence-corrected chi connectivity index (χ4v) is 3.91. The number of aliphatic imine (C=N–C) groups is 1. The molecule has 5 rings (SSSR count). The zero-order chi connectivity index (χ0) is 28.2. The lowest BCUT2D eigenvalue weighted by Gasteiger charge is -2.28. The van der Waals surface area contributed by atoms with Crippen LogP contribution in [0.1, 0.15) is 21.5 Å². The number of fused-ring (bicyclic) bond motifs is 1. The predicted molar refractivity (Wildman–Crippen MR) is 146 cm³/mol. The maximum absolute atomic E-state index is 13.0. The number of nitrogens with one attached hydrogen (secondary N) is 2. The second-order valence-corrected chi connectivity index (χ2v) is 8.17. The summed E-state index contributed by atoms with van der Waals surface area (Å²) in [7, 11) is 1.73. The van der Waals surface area contributed by atoms with Gasteiger partial charge in [0, 0.05) is 24.2 Å². The lowest BCUT2D eigenvalue weighted by atomic mass is 10.0. The minimum Gasteiger partial charge on any atom is -0.378 e. The molecular formula is C27H30FN7O4. The molecule has 2 aliphatic heterocycles. The number of ether oxygens (including phenoxy) is 1. The van der Waals surface area contributed by atoms with E-state index in [4.69, 9.17) is 15.3 Å². The molecule has 2 aromatic carbocycles. The summed E-state index contributed by atoms with van der Waals surface area (Å²) in [4.78, 5) is 42.0. The summed E-state index contributed by atoms with van der Waals surface area (Å²) < 4.78 is 18.2. The van der Waals surface area contributed by atoms with Gasteiger partial charge in [0.2, 0.25) is 12.4 Å². The van der Waals surface area contributed by atoms with Gasteiger partial charge in [0.1, 0.15) is 5.82 Å². The monoisotopic (exact) mass is 535 g/mol. The number of para-hydroxylation sites is 1. The number of halogens is 1. The average Bonchev–Trinajstić information content (AvgIpc) is 3.10. The molecule has 39 heavy (non-hydrogen) atoms. The van der Waals surface area contributed by atoms with Crippen molar-refractivity contribution in [3.8, 4) is 0 Å². The van der Waals surface area contributed by atoms with Crippen molar-refractivity contribution in [3.05, 3.63) is 89.4 Å². The first kappa shape index (κ1) is 28.9. The molecule has 3 heterocycles. The van der Waals surface area contributed by atoms with E-state index >= 15 is 0 Å². The molecule has 0 saturated carbocycles. The summed E-state index contributed by atoms with van der Waals surface area (Å²) in [5, 5.41) is 5.84. The molecule has 11 nitrogen and oxygen atoms in total. The van der Waals surface area contributed by atoms with Crippen LogP contribution < -0.4 is 27.0 Å². The van der Waals surface area contributed by atoms with E-state index in [0.29, 0.717) is 32.1 Å². The van der Waals surface area contributed by atoms with Gasteiger partial charge in [-0.05, 0) is 25.2 Å². The number of primary amides is 2. The van der Waals surface area contributed by atoms with Crippen molar-refractivity contribution in [2.75, 3.05) is 43.6 Å². The summed E-state index contributed by atoms with van der Waals surface area (Å²) in [6.07, 6.45) is -0.336. The summed E-state index contributed by atoms with van der Waals surface area (Å²) in [6.45, 7) is 2.24. The van der Waals surface area contributed by atoms with E-state index in [2.05, 4.69) is 26.3 Å². The van der Waals surface area contributed by atoms with Crippen molar-refractivity contribution in [1.82, 2.24) is 10.3 Å². The maximum Gasteiger partial charge on any atom is 0.263 e. The smallest absolute Gasteiger partial charge is 0.263 e. The van der Waals surface area contributed by atoms with Gasteiger partial charge in [-0.2, -0.15) is 4.39 Å². The third-order valence-corrected chi connectivity index (χ3v) is 5.68. The largest absolute Gasteiger partial charge is 0.378 e. The van der Waals surface area contributed by atoms with Crippen LogP contribution in [-0.4, -0.2) is 68.4 Å². The van der Waals surface area contributed by atoms with Crippen LogP contribution in [0.15, 0.2) is 71.7 Å². The number of benzodiazepines with no additional fused rings is 1. The minimum absolute atomic E-state index is 0.147. The van der Waals surface area contributed by atoms with Crippen molar-refractivity contribution in [1.29, 1.82) is 0 Å². The molecule has 12 heteroatoms. The molecule has 6 N–H and O–H groups in total. The highest BCUT2D eigenvalue weighted by atomic mass is 19.1. The first-order chi connectivity index (χ1) is 18.9. The van der Waals surface area contributed by atoms with E-state index in [1.54, 1.807) is 11.9 Å². The number of hydrogen-bond acceptors (Lipinski definition) is 8. The van der Waals surface area contributed by atoms with Gasteiger partial charge in [-0.15, -0.1) is 0 Å². The zero-order valence-corrected chi connectivity index (χ0v) is 21.3. The Bertz CT molecular complexity index is 1310. The number of pyridine rings is 1. The topological polar surface area (TPSA) is 165 Å². The van der Waals surface area contributed by atoms with Crippen LogP contribution in [-0.2, 0) is 14.3 Å². The highest BCUT2D eigenvalue weighted by molar-refractivity contribution is 6.19. The highest BCUT2D eigenvalue weighted by Gasteiger charge is 2.24. The number of benzene rings is 2. The average molecular weight is 536 g/mol. The third kappa shape index (κ3) is 7.66. The van der Waals surface area contributed by atoms with Crippen LogP contribution >= 0.6 is 0 Å². The molecule has 1 aromatic heterocycles. The van der Waals surface area contributed by atoms with E-state index in [1.807, 2.05) is 54.6 Å². The molecule has 0 aliphatic carbocycles. The van der Waals surface area contributed by atoms with Crippen molar-refractivity contribution in [2.45, 2.75) is 6.17 Å². The number of aromatic nitrogens is 1. The molecule has 0 spiro atoms. The number of amides is 3. The van der Waals surface area contributed by atoms with Gasteiger partial charge in [-0.1, -0.05) is 48.5 Å². The van der Waals surface area contributed by atoms with Gasteiger partial charge < -0.3 is 26.4 Å². The Morgan fingerprint density at radius 1 is 1.10 bits per heavy atom. The summed E-state index contributed by atoms with van der Waals surface area (Å²) in [5.41, 5.74) is 13.2. The van der Waals surface area contributed by atoms with Crippen LogP contribution in [0.3, 0.4) is 0 Å². The molecule has 3 aromatic rings. The van der Waals surface area contributed by atoms with Crippen molar-refractivity contribution >= 4 is 35.4 Å². The molecule has 1 saturated heterocycles. The molecule has 2 aliphatic rings. The predicted octanol–water partition coefficient (Wildman–Crippen LogP) is 1.28. The Balaban J connectivity index is 0.000000200. The number of carbonyl (C=O) groups excluding carboxylic acids is 3. The lowest BCUT2D eigenvalue weighted by molar-refractivity contribution is -0.117. The minimum atomic E-state index is -0.619. The molecule has 1 atom stereocenters. The SMILES string of the molecule is CNC1N=C(c2ccccc2)c2ccccc2NC1=O.NC(=O)c1ccc(F)nc1N1CCOCC1.NC=O. The van der Waals surface area contributed by atoms with Gasteiger partial charge in [0.05, 0.1) is 30.2 Å². The van der Waals surface area contributed by atoms with E-state index < -0.39 is 18.0 Å². The van der Waals surface area contributed by atoms with Gasteiger partial charge >= 0.3 is 0 Å².